The lowest BCUT2D eigenvalue weighted by Gasteiger charge is -2.42. The molecule has 84 valence electrons. The lowest BCUT2D eigenvalue weighted by Crippen LogP contribution is -2.49. The molecule has 1 saturated carbocycles. The van der Waals surface area contributed by atoms with Gasteiger partial charge in [-0.05, 0) is 25.7 Å². The molecule has 1 rings (SSSR count). The van der Waals surface area contributed by atoms with Crippen molar-refractivity contribution in [1.29, 1.82) is 0 Å². The first-order chi connectivity index (χ1) is 6.83. The Morgan fingerprint density at radius 3 is 2.57 bits per heavy atom. The molecule has 1 aliphatic rings. The molecular formula is C11H24N2O. The molecule has 0 aromatic carbocycles. The van der Waals surface area contributed by atoms with Crippen molar-refractivity contribution in [3.8, 4) is 0 Å². The van der Waals surface area contributed by atoms with E-state index in [1.807, 2.05) is 0 Å². The van der Waals surface area contributed by atoms with Crippen LogP contribution < -0.4 is 5.73 Å². The molecule has 0 aromatic heterocycles. The molecule has 3 nitrogen and oxygen atoms in total. The quantitative estimate of drug-likeness (QED) is 0.643. The second-order valence-electron chi connectivity index (χ2n) is 4.20. The van der Waals surface area contributed by atoms with Gasteiger partial charge in [0.25, 0.3) is 0 Å². The summed E-state index contributed by atoms with van der Waals surface area (Å²) in [6, 6.07) is 1.27. The molecule has 1 aliphatic carbocycles. The van der Waals surface area contributed by atoms with Gasteiger partial charge in [0, 0.05) is 31.8 Å². The molecule has 3 N–H and O–H groups in total. The Labute approximate surface area is 87.3 Å². The van der Waals surface area contributed by atoms with Gasteiger partial charge in [0.15, 0.2) is 0 Å². The van der Waals surface area contributed by atoms with Gasteiger partial charge < -0.3 is 10.8 Å². The van der Waals surface area contributed by atoms with Crippen LogP contribution in [-0.2, 0) is 0 Å². The van der Waals surface area contributed by atoms with Crippen molar-refractivity contribution >= 4 is 0 Å². The van der Waals surface area contributed by atoms with E-state index in [9.17, 15) is 0 Å². The van der Waals surface area contributed by atoms with Crippen LogP contribution in [0.25, 0.3) is 0 Å². The third kappa shape index (κ3) is 2.94. The van der Waals surface area contributed by atoms with E-state index in [-0.39, 0.29) is 0 Å². The Balaban J connectivity index is 2.41. The van der Waals surface area contributed by atoms with E-state index in [0.717, 1.165) is 32.0 Å². The third-order valence-electron chi connectivity index (χ3n) is 3.33. The zero-order valence-corrected chi connectivity index (χ0v) is 9.28. The summed E-state index contributed by atoms with van der Waals surface area (Å²) in [5.41, 5.74) is 5.77. The van der Waals surface area contributed by atoms with Gasteiger partial charge in [0.05, 0.1) is 0 Å². The molecule has 3 heteroatoms. The standard InChI is InChI=1S/C11H24N2O/c1-2-10(9-12)13(7-4-8-14)11-5-3-6-11/h10-11,14H,2-9,12H2,1H3. The highest BCUT2D eigenvalue weighted by molar-refractivity contribution is 4.84. The molecule has 0 amide bonds. The van der Waals surface area contributed by atoms with Gasteiger partial charge in [-0.2, -0.15) is 0 Å². The van der Waals surface area contributed by atoms with Crippen molar-refractivity contribution in [1.82, 2.24) is 4.90 Å². The van der Waals surface area contributed by atoms with Crippen molar-refractivity contribution in [3.05, 3.63) is 0 Å². The van der Waals surface area contributed by atoms with E-state index in [1.54, 1.807) is 0 Å². The van der Waals surface area contributed by atoms with Crippen molar-refractivity contribution in [2.24, 2.45) is 5.73 Å². The summed E-state index contributed by atoms with van der Waals surface area (Å²) in [6.45, 7) is 4.25. The number of hydrogen-bond donors (Lipinski definition) is 2. The molecule has 0 aliphatic heterocycles. The fourth-order valence-corrected chi connectivity index (χ4v) is 2.17. The van der Waals surface area contributed by atoms with Crippen LogP contribution in [0.15, 0.2) is 0 Å². The number of rotatable bonds is 7. The zero-order chi connectivity index (χ0) is 10.4. The van der Waals surface area contributed by atoms with Gasteiger partial charge >= 0.3 is 0 Å². The van der Waals surface area contributed by atoms with Gasteiger partial charge in [-0.15, -0.1) is 0 Å². The number of aliphatic hydroxyl groups excluding tert-OH is 1. The van der Waals surface area contributed by atoms with Crippen molar-refractivity contribution in [2.75, 3.05) is 19.7 Å². The van der Waals surface area contributed by atoms with Crippen LogP contribution in [-0.4, -0.2) is 41.8 Å². The Morgan fingerprint density at radius 1 is 1.50 bits per heavy atom. The first kappa shape index (κ1) is 12.0. The van der Waals surface area contributed by atoms with Crippen LogP contribution in [0.3, 0.4) is 0 Å². The fraction of sp³-hybridized carbons (Fsp3) is 1.00. The summed E-state index contributed by atoms with van der Waals surface area (Å²) in [4.78, 5) is 2.51. The predicted molar refractivity (Wildman–Crippen MR) is 59.2 cm³/mol. The summed E-state index contributed by atoms with van der Waals surface area (Å²) < 4.78 is 0. The van der Waals surface area contributed by atoms with Crippen LogP contribution in [0.4, 0.5) is 0 Å². The first-order valence-electron chi connectivity index (χ1n) is 5.90. The SMILES string of the molecule is CCC(CN)N(CCCO)C1CCC1. The van der Waals surface area contributed by atoms with Gasteiger partial charge in [0.2, 0.25) is 0 Å². The average Bonchev–Trinajstić information content (AvgIpc) is 2.12. The molecule has 0 saturated heterocycles. The fourth-order valence-electron chi connectivity index (χ4n) is 2.17. The van der Waals surface area contributed by atoms with Gasteiger partial charge in [-0.3, -0.25) is 4.90 Å². The molecule has 0 aromatic rings. The zero-order valence-electron chi connectivity index (χ0n) is 9.28. The number of nitrogens with zero attached hydrogens (tertiary/aromatic N) is 1. The lowest BCUT2D eigenvalue weighted by molar-refractivity contribution is 0.0728. The Kier molecular flexibility index (Phi) is 5.45. The highest BCUT2D eigenvalue weighted by Crippen LogP contribution is 2.27. The highest BCUT2D eigenvalue weighted by atomic mass is 16.3. The van der Waals surface area contributed by atoms with Crippen molar-refractivity contribution in [2.45, 2.75) is 51.1 Å². The molecule has 1 unspecified atom stereocenters. The monoisotopic (exact) mass is 200 g/mol. The maximum absolute atomic E-state index is 8.86. The van der Waals surface area contributed by atoms with Crippen molar-refractivity contribution < 1.29 is 5.11 Å². The third-order valence-corrected chi connectivity index (χ3v) is 3.33. The van der Waals surface area contributed by atoms with E-state index in [4.69, 9.17) is 10.8 Å². The average molecular weight is 200 g/mol. The molecule has 0 radical (unpaired) electrons. The Bertz CT molecular complexity index is 144. The number of hydrogen-bond acceptors (Lipinski definition) is 3. The minimum absolute atomic E-state index is 0.296. The lowest BCUT2D eigenvalue weighted by atomic mass is 9.89. The summed E-state index contributed by atoms with van der Waals surface area (Å²) >= 11 is 0. The second-order valence-corrected chi connectivity index (χ2v) is 4.20. The van der Waals surface area contributed by atoms with Gasteiger partial charge in [-0.1, -0.05) is 13.3 Å². The van der Waals surface area contributed by atoms with Gasteiger partial charge in [0.1, 0.15) is 0 Å². The topological polar surface area (TPSA) is 49.5 Å². The van der Waals surface area contributed by atoms with E-state index < -0.39 is 0 Å². The minimum Gasteiger partial charge on any atom is -0.396 e. The summed E-state index contributed by atoms with van der Waals surface area (Å²) in [7, 11) is 0. The van der Waals surface area contributed by atoms with Crippen LogP contribution in [0.5, 0.6) is 0 Å². The summed E-state index contributed by atoms with van der Waals surface area (Å²) in [5, 5.41) is 8.86. The largest absolute Gasteiger partial charge is 0.396 e. The van der Waals surface area contributed by atoms with Crippen LogP contribution in [0, 0.1) is 0 Å². The molecule has 0 heterocycles. The van der Waals surface area contributed by atoms with Crippen LogP contribution >= 0.6 is 0 Å². The van der Waals surface area contributed by atoms with Crippen LogP contribution in [0.2, 0.25) is 0 Å². The van der Waals surface area contributed by atoms with E-state index in [1.165, 1.54) is 19.3 Å². The number of aliphatic hydroxyl groups is 1. The number of nitrogens with two attached hydrogens (primary N) is 1. The molecular weight excluding hydrogens is 176 g/mol. The van der Waals surface area contributed by atoms with E-state index in [0.29, 0.717) is 12.6 Å². The first-order valence-corrected chi connectivity index (χ1v) is 5.90. The normalized spacial score (nSPS) is 19.7. The minimum atomic E-state index is 0.296. The molecule has 0 spiro atoms. The second kappa shape index (κ2) is 6.38. The Hall–Kier alpha value is -0.120. The summed E-state index contributed by atoms with van der Waals surface area (Å²) in [6.07, 6.45) is 6.01. The molecule has 1 atom stereocenters. The maximum Gasteiger partial charge on any atom is 0.0443 e. The molecule has 1 fully saturated rings. The molecule has 14 heavy (non-hydrogen) atoms. The highest BCUT2D eigenvalue weighted by Gasteiger charge is 2.28. The van der Waals surface area contributed by atoms with E-state index >= 15 is 0 Å². The smallest absolute Gasteiger partial charge is 0.0443 e. The Morgan fingerprint density at radius 2 is 2.21 bits per heavy atom. The van der Waals surface area contributed by atoms with E-state index in [2.05, 4.69) is 11.8 Å². The van der Waals surface area contributed by atoms with Gasteiger partial charge in [-0.25, -0.2) is 0 Å². The van der Waals surface area contributed by atoms with Crippen LogP contribution in [0.1, 0.15) is 39.0 Å². The maximum atomic E-state index is 8.86. The predicted octanol–water partition coefficient (Wildman–Crippen LogP) is 0.961. The van der Waals surface area contributed by atoms with Crippen molar-refractivity contribution in [3.63, 3.8) is 0 Å². The summed E-state index contributed by atoms with van der Waals surface area (Å²) in [5.74, 6) is 0. The molecule has 0 bridgehead atoms.